The third-order valence-electron chi connectivity index (χ3n) is 3.98. The number of amides is 1. The highest BCUT2D eigenvalue weighted by atomic mass is 16.6. The quantitative estimate of drug-likeness (QED) is 0.861. The third-order valence-corrected chi connectivity index (χ3v) is 3.98. The maximum absolute atomic E-state index is 12.0. The Bertz CT molecular complexity index is 341. The molecule has 0 spiro atoms. The van der Waals surface area contributed by atoms with E-state index in [1.165, 1.54) is 0 Å². The summed E-state index contributed by atoms with van der Waals surface area (Å²) < 4.78 is 11.0. The van der Waals surface area contributed by atoms with Gasteiger partial charge in [0, 0.05) is 32.3 Å². The molecule has 2 rings (SSSR count). The van der Waals surface area contributed by atoms with Crippen LogP contribution in [0.15, 0.2) is 0 Å². The molecule has 116 valence electrons. The third kappa shape index (κ3) is 4.35. The Balaban J connectivity index is 1.71. The second kappa shape index (κ2) is 6.31. The average molecular weight is 284 g/mol. The van der Waals surface area contributed by atoms with E-state index in [1.807, 2.05) is 25.7 Å². The van der Waals surface area contributed by atoms with Crippen molar-refractivity contribution in [3.63, 3.8) is 0 Å². The fraction of sp³-hybridized carbons (Fsp3) is 0.933. The Labute approximate surface area is 122 Å². The van der Waals surface area contributed by atoms with Gasteiger partial charge in [-0.1, -0.05) is 0 Å². The smallest absolute Gasteiger partial charge is 0.410 e. The summed E-state index contributed by atoms with van der Waals surface area (Å²) in [6, 6.07) is 0.463. The van der Waals surface area contributed by atoms with Crippen LogP contribution in [0.5, 0.6) is 0 Å². The number of hydrogen-bond acceptors (Lipinski definition) is 4. The maximum Gasteiger partial charge on any atom is 0.410 e. The standard InChI is InChI=1S/C15H28N2O3/c1-11-13(6-8-19-11)16-9-12-5-7-17(10-12)14(18)20-15(2,3)4/h11-13,16H,5-10H2,1-4H3/t11-,12-,13-/m0/s1. The van der Waals surface area contributed by atoms with E-state index in [0.29, 0.717) is 18.1 Å². The minimum absolute atomic E-state index is 0.183. The van der Waals surface area contributed by atoms with Gasteiger partial charge in [0.2, 0.25) is 0 Å². The number of rotatable bonds is 3. The van der Waals surface area contributed by atoms with Crippen molar-refractivity contribution in [2.45, 2.75) is 58.3 Å². The van der Waals surface area contributed by atoms with Gasteiger partial charge < -0.3 is 19.7 Å². The molecule has 2 saturated heterocycles. The summed E-state index contributed by atoms with van der Waals surface area (Å²) in [4.78, 5) is 13.8. The van der Waals surface area contributed by atoms with Crippen LogP contribution in [0.3, 0.4) is 0 Å². The van der Waals surface area contributed by atoms with Crippen LogP contribution in [0, 0.1) is 5.92 Å². The second-order valence-electron chi connectivity index (χ2n) is 6.96. The van der Waals surface area contributed by atoms with Crippen LogP contribution in [0.1, 0.15) is 40.5 Å². The zero-order chi connectivity index (χ0) is 14.8. The molecule has 2 aliphatic heterocycles. The number of carbonyl (C=O) groups is 1. The van der Waals surface area contributed by atoms with E-state index in [-0.39, 0.29) is 6.09 Å². The van der Waals surface area contributed by atoms with Gasteiger partial charge in [0.15, 0.2) is 0 Å². The van der Waals surface area contributed by atoms with Crippen molar-refractivity contribution >= 4 is 6.09 Å². The van der Waals surface area contributed by atoms with Crippen molar-refractivity contribution in [3.8, 4) is 0 Å². The number of nitrogens with one attached hydrogen (secondary N) is 1. The van der Waals surface area contributed by atoms with E-state index in [0.717, 1.165) is 39.1 Å². The summed E-state index contributed by atoms with van der Waals surface area (Å²) in [5.74, 6) is 0.523. The fourth-order valence-corrected chi connectivity index (χ4v) is 2.81. The van der Waals surface area contributed by atoms with Gasteiger partial charge in [-0.25, -0.2) is 4.79 Å². The molecule has 0 unspecified atom stereocenters. The van der Waals surface area contributed by atoms with Gasteiger partial charge in [-0.05, 0) is 46.5 Å². The molecule has 2 heterocycles. The normalized spacial score (nSPS) is 30.8. The lowest BCUT2D eigenvalue weighted by molar-refractivity contribution is 0.0287. The predicted molar refractivity (Wildman–Crippen MR) is 77.7 cm³/mol. The lowest BCUT2D eigenvalue weighted by Gasteiger charge is -2.24. The lowest BCUT2D eigenvalue weighted by atomic mass is 10.1. The molecule has 0 saturated carbocycles. The van der Waals surface area contributed by atoms with Gasteiger partial charge in [0.05, 0.1) is 6.10 Å². The average Bonchev–Trinajstić information content (AvgIpc) is 2.93. The van der Waals surface area contributed by atoms with Crippen molar-refractivity contribution in [2.24, 2.45) is 5.92 Å². The minimum Gasteiger partial charge on any atom is -0.444 e. The maximum atomic E-state index is 12.0. The van der Waals surface area contributed by atoms with E-state index in [2.05, 4.69) is 12.2 Å². The lowest BCUT2D eigenvalue weighted by Crippen LogP contribution is -2.39. The van der Waals surface area contributed by atoms with Crippen LogP contribution in [0.2, 0.25) is 0 Å². The highest BCUT2D eigenvalue weighted by Crippen LogP contribution is 2.20. The van der Waals surface area contributed by atoms with Gasteiger partial charge in [-0.2, -0.15) is 0 Å². The molecule has 5 heteroatoms. The monoisotopic (exact) mass is 284 g/mol. The first-order chi connectivity index (χ1) is 9.35. The first-order valence-corrected chi connectivity index (χ1v) is 7.68. The van der Waals surface area contributed by atoms with Gasteiger partial charge in [-0.15, -0.1) is 0 Å². The molecule has 2 fully saturated rings. The molecule has 1 amide bonds. The molecule has 0 aromatic carbocycles. The van der Waals surface area contributed by atoms with Crippen LogP contribution >= 0.6 is 0 Å². The van der Waals surface area contributed by atoms with Gasteiger partial charge in [0.25, 0.3) is 0 Å². The molecule has 3 atom stereocenters. The van der Waals surface area contributed by atoms with Crippen LogP contribution < -0.4 is 5.32 Å². The minimum atomic E-state index is -0.413. The Kier molecular flexibility index (Phi) is 4.91. The van der Waals surface area contributed by atoms with E-state index in [4.69, 9.17) is 9.47 Å². The molecule has 20 heavy (non-hydrogen) atoms. The molecule has 0 aliphatic carbocycles. The van der Waals surface area contributed by atoms with Crippen molar-refractivity contribution in [2.75, 3.05) is 26.2 Å². The Hall–Kier alpha value is -0.810. The second-order valence-corrected chi connectivity index (χ2v) is 6.96. The Morgan fingerprint density at radius 2 is 2.15 bits per heavy atom. The summed E-state index contributed by atoms with van der Waals surface area (Å²) in [6.07, 6.45) is 2.26. The van der Waals surface area contributed by atoms with Crippen LogP contribution in [-0.4, -0.2) is 55.0 Å². The number of ether oxygens (including phenoxy) is 2. The van der Waals surface area contributed by atoms with Crippen LogP contribution in [0.4, 0.5) is 4.79 Å². The van der Waals surface area contributed by atoms with Gasteiger partial charge in [0.1, 0.15) is 5.60 Å². The molecule has 5 nitrogen and oxygen atoms in total. The summed E-state index contributed by atoms with van der Waals surface area (Å²) in [5, 5.41) is 3.58. The first-order valence-electron chi connectivity index (χ1n) is 7.68. The SMILES string of the molecule is C[C@@H]1OCC[C@@H]1NC[C@@H]1CCN(C(=O)OC(C)(C)C)C1. The number of nitrogens with zero attached hydrogens (tertiary/aromatic N) is 1. The molecule has 0 bridgehead atoms. The zero-order valence-electron chi connectivity index (χ0n) is 13.1. The van der Waals surface area contributed by atoms with Crippen LogP contribution in [-0.2, 0) is 9.47 Å². The molecular formula is C15H28N2O3. The molecule has 0 radical (unpaired) electrons. The fourth-order valence-electron chi connectivity index (χ4n) is 2.81. The number of likely N-dealkylation sites (tertiary alicyclic amines) is 1. The Morgan fingerprint density at radius 1 is 1.40 bits per heavy atom. The molecular weight excluding hydrogens is 256 g/mol. The van der Waals surface area contributed by atoms with Crippen LogP contribution in [0.25, 0.3) is 0 Å². The molecule has 1 N–H and O–H groups in total. The van der Waals surface area contributed by atoms with Crippen molar-refractivity contribution < 1.29 is 14.3 Å². The van der Waals surface area contributed by atoms with E-state index in [9.17, 15) is 4.79 Å². The topological polar surface area (TPSA) is 50.8 Å². The number of carbonyl (C=O) groups excluding carboxylic acids is 1. The van der Waals surface area contributed by atoms with Crippen molar-refractivity contribution in [1.29, 1.82) is 0 Å². The van der Waals surface area contributed by atoms with Gasteiger partial charge >= 0.3 is 6.09 Å². The molecule has 0 aromatic rings. The molecule has 0 aromatic heterocycles. The summed E-state index contributed by atoms with van der Waals surface area (Å²) >= 11 is 0. The summed E-state index contributed by atoms with van der Waals surface area (Å²) in [6.45, 7) is 11.2. The highest BCUT2D eigenvalue weighted by molar-refractivity contribution is 5.68. The van der Waals surface area contributed by atoms with Crippen molar-refractivity contribution in [1.82, 2.24) is 10.2 Å². The van der Waals surface area contributed by atoms with E-state index >= 15 is 0 Å². The zero-order valence-corrected chi connectivity index (χ0v) is 13.1. The predicted octanol–water partition coefficient (Wildman–Crippen LogP) is 2.01. The highest BCUT2D eigenvalue weighted by Gasteiger charge is 2.31. The van der Waals surface area contributed by atoms with Gasteiger partial charge in [-0.3, -0.25) is 0 Å². The summed E-state index contributed by atoms with van der Waals surface area (Å²) in [7, 11) is 0. The first kappa shape index (κ1) is 15.6. The summed E-state index contributed by atoms with van der Waals surface area (Å²) in [5.41, 5.74) is -0.413. The van der Waals surface area contributed by atoms with E-state index in [1.54, 1.807) is 0 Å². The van der Waals surface area contributed by atoms with Crippen molar-refractivity contribution in [3.05, 3.63) is 0 Å². The number of hydrogen-bond donors (Lipinski definition) is 1. The largest absolute Gasteiger partial charge is 0.444 e. The van der Waals surface area contributed by atoms with E-state index < -0.39 is 5.60 Å². The Morgan fingerprint density at radius 3 is 2.75 bits per heavy atom. The molecule has 2 aliphatic rings.